The Hall–Kier alpha value is -2.63. The molecule has 0 radical (unpaired) electrons. The minimum atomic E-state index is -3.93. The van der Waals surface area contributed by atoms with Gasteiger partial charge in [-0.3, -0.25) is 14.3 Å². The van der Waals surface area contributed by atoms with Crippen LogP contribution in [0.25, 0.3) is 11.4 Å². The highest BCUT2D eigenvalue weighted by Gasteiger charge is 2.34. The van der Waals surface area contributed by atoms with Crippen molar-refractivity contribution in [2.45, 2.75) is 38.2 Å². The van der Waals surface area contributed by atoms with Crippen molar-refractivity contribution in [2.75, 3.05) is 11.8 Å². The predicted molar refractivity (Wildman–Crippen MR) is 112 cm³/mol. The standard InChI is InChI=1S/C18H22ClN7O3S/c1-11(2)26-17(13-6-5-7-20-8-13)23-24-18(26)25-30(27,28)12(3)15(29-4)16-21-9-14(19)10-22-16/h5-12,15H,1-4H3,(H,24,25)/t12-,15-/m0/s1. The highest BCUT2D eigenvalue weighted by molar-refractivity contribution is 7.93. The number of hydrogen-bond acceptors (Lipinski definition) is 8. The summed E-state index contributed by atoms with van der Waals surface area (Å²) in [7, 11) is -2.54. The second-order valence-electron chi connectivity index (χ2n) is 6.82. The van der Waals surface area contributed by atoms with Crippen LogP contribution in [0.15, 0.2) is 36.9 Å². The largest absolute Gasteiger partial charge is 0.372 e. The smallest absolute Gasteiger partial charge is 0.240 e. The first-order chi connectivity index (χ1) is 14.2. The maximum absolute atomic E-state index is 13.1. The van der Waals surface area contributed by atoms with E-state index in [1.807, 2.05) is 19.9 Å². The highest BCUT2D eigenvalue weighted by Crippen LogP contribution is 2.28. The van der Waals surface area contributed by atoms with Gasteiger partial charge in [0.2, 0.25) is 16.0 Å². The van der Waals surface area contributed by atoms with E-state index in [-0.39, 0.29) is 17.8 Å². The van der Waals surface area contributed by atoms with Crippen LogP contribution < -0.4 is 4.72 Å². The van der Waals surface area contributed by atoms with Gasteiger partial charge >= 0.3 is 0 Å². The first-order valence-corrected chi connectivity index (χ1v) is 11.0. The van der Waals surface area contributed by atoms with Crippen LogP contribution in [0.4, 0.5) is 5.95 Å². The van der Waals surface area contributed by atoms with Crippen molar-refractivity contribution in [1.29, 1.82) is 0 Å². The number of halogens is 1. The van der Waals surface area contributed by atoms with E-state index in [1.54, 1.807) is 23.0 Å². The van der Waals surface area contributed by atoms with Crippen LogP contribution in [0.5, 0.6) is 0 Å². The Bertz CT molecular complexity index is 1090. The van der Waals surface area contributed by atoms with Gasteiger partial charge in [0.25, 0.3) is 0 Å². The quantitative estimate of drug-likeness (QED) is 0.554. The summed E-state index contributed by atoms with van der Waals surface area (Å²) < 4.78 is 35.8. The van der Waals surface area contributed by atoms with Crippen LogP contribution in [0, 0.1) is 0 Å². The average Bonchev–Trinajstić information content (AvgIpc) is 3.13. The second kappa shape index (κ2) is 9.02. The van der Waals surface area contributed by atoms with Crippen molar-refractivity contribution in [2.24, 2.45) is 0 Å². The van der Waals surface area contributed by atoms with Crippen LogP contribution in [0.2, 0.25) is 5.02 Å². The molecule has 0 unspecified atom stereocenters. The van der Waals surface area contributed by atoms with Crippen molar-refractivity contribution in [1.82, 2.24) is 29.7 Å². The molecule has 0 aliphatic rings. The zero-order valence-electron chi connectivity index (χ0n) is 16.9. The zero-order valence-corrected chi connectivity index (χ0v) is 18.5. The maximum Gasteiger partial charge on any atom is 0.240 e. The summed E-state index contributed by atoms with van der Waals surface area (Å²) in [4.78, 5) is 12.2. The summed E-state index contributed by atoms with van der Waals surface area (Å²) in [6.45, 7) is 5.32. The van der Waals surface area contributed by atoms with Crippen molar-refractivity contribution in [3.63, 3.8) is 0 Å². The maximum atomic E-state index is 13.1. The summed E-state index contributed by atoms with van der Waals surface area (Å²) in [6.07, 6.45) is 5.15. The van der Waals surface area contributed by atoms with Gasteiger partial charge in [0.05, 0.1) is 5.02 Å². The molecular formula is C18H22ClN7O3S. The van der Waals surface area contributed by atoms with Gasteiger partial charge in [0.1, 0.15) is 11.4 Å². The van der Waals surface area contributed by atoms with Gasteiger partial charge < -0.3 is 4.74 Å². The lowest BCUT2D eigenvalue weighted by Crippen LogP contribution is -2.33. The van der Waals surface area contributed by atoms with Gasteiger partial charge in [-0.15, -0.1) is 10.2 Å². The fraction of sp³-hybridized carbons (Fsp3) is 0.389. The van der Waals surface area contributed by atoms with Crippen molar-refractivity contribution >= 4 is 27.6 Å². The third-order valence-corrected chi connectivity index (χ3v) is 6.32. The Labute approximate surface area is 179 Å². The summed E-state index contributed by atoms with van der Waals surface area (Å²) >= 11 is 5.82. The minimum Gasteiger partial charge on any atom is -0.372 e. The number of hydrogen-bond donors (Lipinski definition) is 1. The molecule has 0 aliphatic carbocycles. The van der Waals surface area contributed by atoms with Crippen LogP contribution in [-0.4, -0.2) is 50.5 Å². The van der Waals surface area contributed by atoms with E-state index in [1.165, 1.54) is 26.4 Å². The van der Waals surface area contributed by atoms with E-state index in [2.05, 4.69) is 29.9 Å². The van der Waals surface area contributed by atoms with Crippen molar-refractivity contribution in [3.8, 4) is 11.4 Å². The van der Waals surface area contributed by atoms with Gasteiger partial charge in [0.15, 0.2) is 11.6 Å². The first-order valence-electron chi connectivity index (χ1n) is 9.11. The molecule has 2 atom stereocenters. The predicted octanol–water partition coefficient (Wildman–Crippen LogP) is 2.88. The third kappa shape index (κ3) is 4.58. The topological polar surface area (TPSA) is 125 Å². The molecular weight excluding hydrogens is 430 g/mol. The fourth-order valence-electron chi connectivity index (χ4n) is 2.90. The SMILES string of the molecule is CO[C@H](c1ncc(Cl)cn1)[C@H](C)S(=O)(=O)Nc1nnc(-c2cccnc2)n1C(C)C. The van der Waals surface area contributed by atoms with E-state index in [0.29, 0.717) is 10.8 Å². The second-order valence-corrected chi connectivity index (χ2v) is 9.29. The Kier molecular flexibility index (Phi) is 6.64. The normalized spacial score (nSPS) is 13.9. The van der Waals surface area contributed by atoms with Gasteiger partial charge in [0, 0.05) is 43.5 Å². The van der Waals surface area contributed by atoms with E-state index in [4.69, 9.17) is 16.3 Å². The Morgan fingerprint density at radius 1 is 1.13 bits per heavy atom. The van der Waals surface area contributed by atoms with E-state index >= 15 is 0 Å². The molecule has 0 amide bonds. The highest BCUT2D eigenvalue weighted by atomic mass is 35.5. The van der Waals surface area contributed by atoms with Gasteiger partial charge in [-0.05, 0) is 32.9 Å². The number of sulfonamides is 1. The molecule has 3 aromatic rings. The van der Waals surface area contributed by atoms with E-state index in [0.717, 1.165) is 5.56 Å². The van der Waals surface area contributed by atoms with Crippen LogP contribution in [0.3, 0.4) is 0 Å². The molecule has 0 saturated carbocycles. The molecule has 1 N–H and O–H groups in total. The number of pyridine rings is 1. The molecule has 160 valence electrons. The van der Waals surface area contributed by atoms with Gasteiger partial charge in [-0.25, -0.2) is 18.4 Å². The Balaban J connectivity index is 1.92. The molecule has 3 aromatic heterocycles. The molecule has 0 spiro atoms. The van der Waals surface area contributed by atoms with E-state index in [9.17, 15) is 8.42 Å². The number of ether oxygens (including phenoxy) is 1. The van der Waals surface area contributed by atoms with Gasteiger partial charge in [-0.1, -0.05) is 11.6 Å². The Morgan fingerprint density at radius 2 is 1.83 bits per heavy atom. The number of aromatic nitrogens is 6. The van der Waals surface area contributed by atoms with Crippen LogP contribution >= 0.6 is 11.6 Å². The lowest BCUT2D eigenvalue weighted by atomic mass is 10.2. The molecule has 0 saturated heterocycles. The summed E-state index contributed by atoms with van der Waals surface area (Å²) in [5.41, 5.74) is 0.724. The molecule has 3 rings (SSSR count). The monoisotopic (exact) mass is 451 g/mol. The Morgan fingerprint density at radius 3 is 2.40 bits per heavy atom. The van der Waals surface area contributed by atoms with Crippen molar-refractivity contribution < 1.29 is 13.2 Å². The number of nitrogens with zero attached hydrogens (tertiary/aromatic N) is 6. The summed E-state index contributed by atoms with van der Waals surface area (Å²) in [5, 5.41) is 7.53. The molecule has 0 fully saturated rings. The summed E-state index contributed by atoms with van der Waals surface area (Å²) in [5.74, 6) is 0.816. The van der Waals surface area contributed by atoms with Crippen LogP contribution in [-0.2, 0) is 14.8 Å². The first kappa shape index (κ1) is 22.1. The number of methoxy groups -OCH3 is 1. The molecule has 0 bridgehead atoms. The lowest BCUT2D eigenvalue weighted by molar-refractivity contribution is 0.0950. The molecule has 12 heteroatoms. The van der Waals surface area contributed by atoms with Crippen molar-refractivity contribution in [3.05, 3.63) is 47.8 Å². The van der Waals surface area contributed by atoms with Crippen LogP contribution in [0.1, 0.15) is 38.7 Å². The number of anilines is 1. The lowest BCUT2D eigenvalue weighted by Gasteiger charge is -2.22. The minimum absolute atomic E-state index is 0.0996. The number of rotatable bonds is 8. The molecule has 10 nitrogen and oxygen atoms in total. The molecule has 3 heterocycles. The third-order valence-electron chi connectivity index (χ3n) is 4.43. The number of nitrogens with one attached hydrogen (secondary N) is 1. The summed E-state index contributed by atoms with van der Waals surface area (Å²) in [6, 6.07) is 3.49. The molecule has 0 aromatic carbocycles. The van der Waals surface area contributed by atoms with E-state index < -0.39 is 21.4 Å². The molecule has 0 aliphatic heterocycles. The molecule has 30 heavy (non-hydrogen) atoms. The zero-order chi connectivity index (χ0) is 21.9. The fourth-order valence-corrected chi connectivity index (χ4v) is 4.14. The average molecular weight is 452 g/mol. The van der Waals surface area contributed by atoms with Gasteiger partial charge in [-0.2, -0.15) is 0 Å².